The summed E-state index contributed by atoms with van der Waals surface area (Å²) in [5, 5.41) is 15.9. The van der Waals surface area contributed by atoms with Gasteiger partial charge in [-0.2, -0.15) is 13.2 Å². The Kier molecular flexibility index (Phi) is 6.74. The fourth-order valence-corrected chi connectivity index (χ4v) is 5.00. The third kappa shape index (κ3) is 5.10. The number of amides is 1. The summed E-state index contributed by atoms with van der Waals surface area (Å²) < 4.78 is 45.3. The molecular formula is C34H23F3N2O3. The number of hydrogen-bond donors (Lipinski definition) is 2. The summed E-state index contributed by atoms with van der Waals surface area (Å²) in [6.07, 6.45) is -4.49. The molecule has 0 atom stereocenters. The number of phenolic OH excluding ortho intramolecular Hbond substituents is 1. The maximum absolute atomic E-state index is 13.1. The lowest BCUT2D eigenvalue weighted by Crippen LogP contribution is -2.06. The highest BCUT2D eigenvalue weighted by Crippen LogP contribution is 2.42. The second kappa shape index (κ2) is 10.6. The van der Waals surface area contributed by atoms with Gasteiger partial charge in [0.1, 0.15) is 11.4 Å². The van der Waals surface area contributed by atoms with Gasteiger partial charge in [0.25, 0.3) is 0 Å². The van der Waals surface area contributed by atoms with Gasteiger partial charge in [0, 0.05) is 23.6 Å². The molecule has 0 radical (unpaired) electrons. The fourth-order valence-electron chi connectivity index (χ4n) is 5.00. The number of aromatic nitrogens is 1. The zero-order chi connectivity index (χ0) is 29.4. The molecule has 0 aliphatic heterocycles. The van der Waals surface area contributed by atoms with Gasteiger partial charge >= 0.3 is 6.18 Å². The Morgan fingerprint density at radius 1 is 0.762 bits per heavy atom. The van der Waals surface area contributed by atoms with Crippen molar-refractivity contribution in [1.82, 2.24) is 4.98 Å². The Morgan fingerprint density at radius 2 is 1.40 bits per heavy atom. The molecule has 1 aromatic heterocycles. The SMILES string of the molecule is CC(=O)Nc1oc(-c2ccccc2-c2ccc(-c3cccc4ccccc34)cc2O)nc1-c1ccc(C(F)(F)F)cc1. The van der Waals surface area contributed by atoms with Crippen LogP contribution in [0, 0.1) is 0 Å². The van der Waals surface area contributed by atoms with Crippen LogP contribution < -0.4 is 5.32 Å². The van der Waals surface area contributed by atoms with Gasteiger partial charge in [-0.1, -0.05) is 84.9 Å². The first kappa shape index (κ1) is 26.8. The smallest absolute Gasteiger partial charge is 0.416 e. The maximum Gasteiger partial charge on any atom is 0.416 e. The molecule has 6 aromatic rings. The Bertz CT molecular complexity index is 1940. The van der Waals surface area contributed by atoms with Gasteiger partial charge in [0.2, 0.25) is 17.7 Å². The van der Waals surface area contributed by atoms with Gasteiger partial charge in [-0.05, 0) is 51.7 Å². The second-order valence-electron chi connectivity index (χ2n) is 9.76. The lowest BCUT2D eigenvalue weighted by Gasteiger charge is -2.12. The number of aromatic hydroxyl groups is 1. The number of alkyl halides is 3. The van der Waals surface area contributed by atoms with E-state index in [-0.39, 0.29) is 23.2 Å². The largest absolute Gasteiger partial charge is 0.507 e. The monoisotopic (exact) mass is 564 g/mol. The number of nitrogens with zero attached hydrogens (tertiary/aromatic N) is 1. The van der Waals surface area contributed by atoms with Crippen LogP contribution in [0.5, 0.6) is 5.75 Å². The molecule has 6 rings (SSSR count). The standard InChI is InChI=1S/C34H23F3N2O3/c1-20(40)38-33-31(22-13-16-24(17-14-22)34(35,36)37)39-32(42-33)29-11-5-4-10-27(29)28-18-15-23(19-30(28)41)26-12-6-8-21-7-2-3-9-25(21)26/h2-19,41H,1H3,(H,38,40). The first-order valence-electron chi connectivity index (χ1n) is 13.1. The zero-order valence-electron chi connectivity index (χ0n) is 22.2. The van der Waals surface area contributed by atoms with Crippen molar-refractivity contribution in [2.75, 3.05) is 5.32 Å². The molecule has 0 bridgehead atoms. The van der Waals surface area contributed by atoms with Crippen molar-refractivity contribution in [3.63, 3.8) is 0 Å². The predicted molar refractivity (Wildman–Crippen MR) is 157 cm³/mol. The first-order valence-corrected chi connectivity index (χ1v) is 13.1. The third-order valence-electron chi connectivity index (χ3n) is 6.95. The number of rotatable bonds is 5. The molecule has 208 valence electrons. The molecule has 42 heavy (non-hydrogen) atoms. The van der Waals surface area contributed by atoms with Gasteiger partial charge in [0.05, 0.1) is 5.56 Å². The van der Waals surface area contributed by atoms with E-state index < -0.39 is 17.6 Å². The number of anilines is 1. The Morgan fingerprint density at radius 3 is 2.12 bits per heavy atom. The summed E-state index contributed by atoms with van der Waals surface area (Å²) in [6, 6.07) is 31.1. The van der Waals surface area contributed by atoms with E-state index in [2.05, 4.69) is 10.3 Å². The minimum atomic E-state index is -4.49. The molecule has 0 saturated carbocycles. The van der Waals surface area contributed by atoms with Gasteiger partial charge in [-0.25, -0.2) is 4.98 Å². The molecular weight excluding hydrogens is 541 g/mol. The van der Waals surface area contributed by atoms with E-state index in [0.29, 0.717) is 22.3 Å². The van der Waals surface area contributed by atoms with Crippen molar-refractivity contribution in [3.8, 4) is 50.7 Å². The number of fused-ring (bicyclic) bond motifs is 1. The average Bonchev–Trinajstić information content (AvgIpc) is 3.39. The van der Waals surface area contributed by atoms with E-state index in [9.17, 15) is 23.1 Å². The van der Waals surface area contributed by atoms with Crippen LogP contribution in [-0.2, 0) is 11.0 Å². The van der Waals surface area contributed by atoms with E-state index >= 15 is 0 Å². The highest BCUT2D eigenvalue weighted by molar-refractivity contribution is 5.98. The zero-order valence-corrected chi connectivity index (χ0v) is 22.2. The van der Waals surface area contributed by atoms with E-state index in [1.807, 2.05) is 66.7 Å². The summed E-state index contributed by atoms with van der Waals surface area (Å²) in [5.74, 6) is -0.255. The highest BCUT2D eigenvalue weighted by Gasteiger charge is 2.30. The number of benzene rings is 5. The number of halogens is 3. The van der Waals surface area contributed by atoms with Gasteiger partial charge < -0.3 is 9.52 Å². The molecule has 1 heterocycles. The molecule has 5 nitrogen and oxygen atoms in total. The molecule has 0 unspecified atom stereocenters. The number of carbonyl (C=O) groups is 1. The van der Waals surface area contributed by atoms with E-state index in [1.165, 1.54) is 19.1 Å². The number of carbonyl (C=O) groups excluding carboxylic acids is 1. The molecule has 0 spiro atoms. The van der Waals surface area contributed by atoms with Crippen LogP contribution in [-0.4, -0.2) is 16.0 Å². The maximum atomic E-state index is 13.1. The van der Waals surface area contributed by atoms with Crippen LogP contribution in [0.15, 0.2) is 114 Å². The lowest BCUT2D eigenvalue weighted by molar-refractivity contribution is -0.137. The van der Waals surface area contributed by atoms with Crippen molar-refractivity contribution < 1.29 is 27.5 Å². The van der Waals surface area contributed by atoms with Crippen LogP contribution in [0.4, 0.5) is 19.1 Å². The third-order valence-corrected chi connectivity index (χ3v) is 6.95. The molecule has 0 fully saturated rings. The van der Waals surface area contributed by atoms with Crippen molar-refractivity contribution in [2.24, 2.45) is 0 Å². The van der Waals surface area contributed by atoms with E-state index in [4.69, 9.17) is 4.42 Å². The predicted octanol–water partition coefficient (Wildman–Crippen LogP) is 9.18. The average molecular weight is 565 g/mol. The number of nitrogens with one attached hydrogen (secondary N) is 1. The Labute approximate surface area is 238 Å². The molecule has 0 saturated heterocycles. The molecule has 0 aliphatic carbocycles. The topological polar surface area (TPSA) is 75.4 Å². The number of phenols is 1. The van der Waals surface area contributed by atoms with Crippen molar-refractivity contribution >= 4 is 22.6 Å². The summed E-state index contributed by atoms with van der Waals surface area (Å²) in [5.41, 5.74) is 3.22. The Balaban J connectivity index is 1.42. The quantitative estimate of drug-likeness (QED) is 0.219. The first-order chi connectivity index (χ1) is 20.2. The fraction of sp³-hybridized carbons (Fsp3) is 0.0588. The van der Waals surface area contributed by atoms with Gasteiger partial charge in [0.15, 0.2) is 0 Å². The van der Waals surface area contributed by atoms with Crippen LogP contribution in [0.1, 0.15) is 12.5 Å². The van der Waals surface area contributed by atoms with Gasteiger partial charge in [-0.3, -0.25) is 10.1 Å². The minimum absolute atomic E-state index is 0.00240. The van der Waals surface area contributed by atoms with Crippen LogP contribution in [0.25, 0.3) is 55.7 Å². The van der Waals surface area contributed by atoms with Crippen LogP contribution >= 0.6 is 0 Å². The molecule has 5 aromatic carbocycles. The summed E-state index contributed by atoms with van der Waals surface area (Å²) in [6.45, 7) is 1.29. The van der Waals surface area contributed by atoms with Crippen LogP contribution in [0.2, 0.25) is 0 Å². The lowest BCUT2D eigenvalue weighted by atomic mass is 9.94. The summed E-state index contributed by atoms with van der Waals surface area (Å²) >= 11 is 0. The number of oxazole rings is 1. The van der Waals surface area contributed by atoms with E-state index in [1.54, 1.807) is 18.2 Å². The number of hydrogen-bond acceptors (Lipinski definition) is 4. The molecule has 1 amide bonds. The summed E-state index contributed by atoms with van der Waals surface area (Å²) in [4.78, 5) is 16.5. The minimum Gasteiger partial charge on any atom is -0.507 e. The molecule has 2 N–H and O–H groups in total. The second-order valence-corrected chi connectivity index (χ2v) is 9.76. The highest BCUT2D eigenvalue weighted by atomic mass is 19.4. The molecule has 8 heteroatoms. The van der Waals surface area contributed by atoms with Crippen molar-refractivity contribution in [3.05, 3.63) is 115 Å². The Hall–Kier alpha value is -5.37. The molecule has 0 aliphatic rings. The van der Waals surface area contributed by atoms with Crippen molar-refractivity contribution in [2.45, 2.75) is 13.1 Å². The summed E-state index contributed by atoms with van der Waals surface area (Å²) in [7, 11) is 0. The van der Waals surface area contributed by atoms with E-state index in [0.717, 1.165) is 34.0 Å². The van der Waals surface area contributed by atoms with Crippen LogP contribution in [0.3, 0.4) is 0 Å². The van der Waals surface area contributed by atoms with Gasteiger partial charge in [-0.15, -0.1) is 0 Å². The normalized spacial score (nSPS) is 11.5. The van der Waals surface area contributed by atoms with Crippen molar-refractivity contribution in [1.29, 1.82) is 0 Å².